The van der Waals surface area contributed by atoms with Crippen LogP contribution in [0.4, 0.5) is 0 Å². The third-order valence-electron chi connectivity index (χ3n) is 6.08. The van der Waals surface area contributed by atoms with Crippen molar-refractivity contribution in [2.45, 2.75) is 46.8 Å². The molecule has 1 fully saturated rings. The van der Waals surface area contributed by atoms with Crippen LogP contribution < -0.4 is 0 Å². The second kappa shape index (κ2) is 9.52. The maximum Gasteiger partial charge on any atom is 0.204 e. The molecule has 0 unspecified atom stereocenters. The second-order valence-electron chi connectivity index (χ2n) is 9.51. The lowest BCUT2D eigenvalue weighted by molar-refractivity contribution is 0.137. The molecule has 3 aromatic rings. The predicted octanol–water partition coefficient (Wildman–Crippen LogP) is 4.79. The summed E-state index contributed by atoms with van der Waals surface area (Å²) in [5.74, 6) is 1.64. The quantitative estimate of drug-likeness (QED) is 0.451. The van der Waals surface area contributed by atoms with Gasteiger partial charge in [-0.2, -0.15) is 0 Å². The van der Waals surface area contributed by atoms with Gasteiger partial charge in [-0.05, 0) is 50.5 Å². The molecular formula is C25H32N4O2S2. The van der Waals surface area contributed by atoms with Gasteiger partial charge in [0.15, 0.2) is 15.7 Å². The fraction of sp³-hybridized carbons (Fsp3) is 0.440. The minimum atomic E-state index is -2.98. The van der Waals surface area contributed by atoms with E-state index in [9.17, 15) is 8.42 Å². The molecule has 1 aliphatic rings. The topological polar surface area (TPSA) is 60.1 Å². The number of benzene rings is 2. The molecule has 1 saturated heterocycles. The Labute approximate surface area is 201 Å². The van der Waals surface area contributed by atoms with Gasteiger partial charge in [-0.1, -0.05) is 61.4 Å². The van der Waals surface area contributed by atoms with Gasteiger partial charge in [0.2, 0.25) is 4.77 Å². The van der Waals surface area contributed by atoms with Crippen molar-refractivity contribution in [2.24, 2.45) is 5.92 Å². The first-order valence-corrected chi connectivity index (χ1v) is 13.6. The molecule has 176 valence electrons. The molecule has 4 rings (SSSR count). The molecule has 2 aromatic carbocycles. The predicted molar refractivity (Wildman–Crippen MR) is 136 cm³/mol. The van der Waals surface area contributed by atoms with Gasteiger partial charge in [-0.3, -0.25) is 9.47 Å². The summed E-state index contributed by atoms with van der Waals surface area (Å²) >= 11 is 5.92. The Kier molecular flexibility index (Phi) is 6.88. The highest BCUT2D eigenvalue weighted by molar-refractivity contribution is 7.91. The molecular weight excluding hydrogens is 452 g/mol. The number of aryl methyl sites for hydroxylation is 2. The third-order valence-corrected chi connectivity index (χ3v) is 8.23. The van der Waals surface area contributed by atoms with Gasteiger partial charge in [-0.15, -0.1) is 5.10 Å². The summed E-state index contributed by atoms with van der Waals surface area (Å²) in [6.07, 6.45) is 0.659. The van der Waals surface area contributed by atoms with Crippen molar-refractivity contribution in [1.29, 1.82) is 0 Å². The van der Waals surface area contributed by atoms with Crippen molar-refractivity contribution < 1.29 is 8.42 Å². The lowest BCUT2D eigenvalue weighted by atomic mass is 10.1. The highest BCUT2D eigenvalue weighted by atomic mass is 32.2. The molecule has 0 aliphatic carbocycles. The summed E-state index contributed by atoms with van der Waals surface area (Å²) in [5, 5.41) is 4.95. The normalized spacial score (nSPS) is 17.8. The highest BCUT2D eigenvalue weighted by Gasteiger charge is 2.33. The van der Waals surface area contributed by atoms with E-state index in [-0.39, 0.29) is 17.5 Å². The van der Waals surface area contributed by atoms with Crippen LogP contribution in [0.3, 0.4) is 0 Å². The highest BCUT2D eigenvalue weighted by Crippen LogP contribution is 2.25. The number of aromatic nitrogens is 3. The maximum absolute atomic E-state index is 12.2. The van der Waals surface area contributed by atoms with Gasteiger partial charge in [0.1, 0.15) is 0 Å². The first-order valence-electron chi connectivity index (χ1n) is 11.4. The molecule has 6 nitrogen and oxygen atoms in total. The molecule has 0 bridgehead atoms. The summed E-state index contributed by atoms with van der Waals surface area (Å²) in [5.41, 5.74) is 4.32. The van der Waals surface area contributed by atoms with Gasteiger partial charge in [0, 0.05) is 23.8 Å². The number of nitrogens with zero attached hydrogens (tertiary/aromatic N) is 4. The molecule has 0 amide bonds. The SMILES string of the molecule is Cc1ccc(-c2nn(CN(CC(C)C)[C@H]3CCS(=O)(=O)C3)c(=S)n2-c2ccc(C)cc2)cc1. The van der Waals surface area contributed by atoms with E-state index in [1.54, 1.807) is 0 Å². The van der Waals surface area contributed by atoms with Crippen LogP contribution in [0.25, 0.3) is 17.1 Å². The van der Waals surface area contributed by atoms with E-state index in [0.29, 0.717) is 23.8 Å². The van der Waals surface area contributed by atoms with E-state index in [1.165, 1.54) is 11.1 Å². The first kappa shape index (κ1) is 23.9. The van der Waals surface area contributed by atoms with E-state index in [0.717, 1.165) is 23.6 Å². The number of sulfone groups is 1. The molecule has 0 radical (unpaired) electrons. The van der Waals surface area contributed by atoms with E-state index in [2.05, 4.69) is 81.1 Å². The second-order valence-corrected chi connectivity index (χ2v) is 12.1. The van der Waals surface area contributed by atoms with Crippen LogP contribution in [0.2, 0.25) is 0 Å². The van der Waals surface area contributed by atoms with Crippen molar-refractivity contribution >= 4 is 22.1 Å². The van der Waals surface area contributed by atoms with Crippen LogP contribution in [-0.4, -0.2) is 51.8 Å². The Balaban J connectivity index is 1.77. The molecule has 8 heteroatoms. The van der Waals surface area contributed by atoms with Crippen LogP contribution in [0.1, 0.15) is 31.4 Å². The molecule has 2 heterocycles. The minimum Gasteiger partial charge on any atom is -0.280 e. The Morgan fingerprint density at radius 1 is 1.06 bits per heavy atom. The smallest absolute Gasteiger partial charge is 0.204 e. The Bertz CT molecular complexity index is 1270. The molecule has 1 atom stereocenters. The van der Waals surface area contributed by atoms with Crippen molar-refractivity contribution in [3.63, 3.8) is 0 Å². The average Bonchev–Trinajstić information content (AvgIpc) is 3.28. The molecule has 33 heavy (non-hydrogen) atoms. The van der Waals surface area contributed by atoms with Crippen molar-refractivity contribution in [2.75, 3.05) is 18.1 Å². The summed E-state index contributed by atoms with van der Waals surface area (Å²) in [7, 11) is -2.98. The Morgan fingerprint density at radius 2 is 1.67 bits per heavy atom. The largest absolute Gasteiger partial charge is 0.280 e. The third kappa shape index (κ3) is 5.45. The van der Waals surface area contributed by atoms with Gasteiger partial charge in [0.25, 0.3) is 0 Å². The summed E-state index contributed by atoms with van der Waals surface area (Å²) in [6, 6.07) is 16.5. The van der Waals surface area contributed by atoms with Gasteiger partial charge >= 0.3 is 0 Å². The number of hydrogen-bond acceptors (Lipinski definition) is 5. The lowest BCUT2D eigenvalue weighted by Crippen LogP contribution is -2.40. The Hall–Kier alpha value is -2.29. The number of hydrogen-bond donors (Lipinski definition) is 0. The molecule has 1 aromatic heterocycles. The Morgan fingerprint density at radius 3 is 2.21 bits per heavy atom. The van der Waals surface area contributed by atoms with E-state index >= 15 is 0 Å². The van der Waals surface area contributed by atoms with Crippen LogP contribution in [0, 0.1) is 24.5 Å². The van der Waals surface area contributed by atoms with Crippen molar-refractivity contribution in [3.8, 4) is 17.1 Å². The fourth-order valence-corrected chi connectivity index (χ4v) is 6.39. The van der Waals surface area contributed by atoms with E-state index < -0.39 is 9.84 Å². The first-order chi connectivity index (χ1) is 15.6. The maximum atomic E-state index is 12.2. The molecule has 1 aliphatic heterocycles. The molecule has 0 spiro atoms. The van der Waals surface area contributed by atoms with E-state index in [1.807, 2.05) is 9.25 Å². The lowest BCUT2D eigenvalue weighted by Gasteiger charge is -2.29. The summed E-state index contributed by atoms with van der Waals surface area (Å²) in [6.45, 7) is 9.69. The summed E-state index contributed by atoms with van der Waals surface area (Å²) in [4.78, 5) is 2.23. The average molecular weight is 485 g/mol. The van der Waals surface area contributed by atoms with Crippen molar-refractivity contribution in [3.05, 3.63) is 64.4 Å². The zero-order valence-corrected chi connectivity index (χ0v) is 21.4. The van der Waals surface area contributed by atoms with Crippen molar-refractivity contribution in [1.82, 2.24) is 19.2 Å². The standard InChI is InChI=1S/C25H32N4O2S2/c1-18(2)15-27(23-13-14-33(30,31)16-23)17-28-25(32)29(22-11-7-20(4)8-12-22)24(26-28)21-9-5-19(3)6-10-21/h5-12,18,23H,13-17H2,1-4H3/t23-/m0/s1. The van der Waals surface area contributed by atoms with Crippen LogP contribution >= 0.6 is 12.2 Å². The monoisotopic (exact) mass is 484 g/mol. The number of rotatable bonds is 7. The minimum absolute atomic E-state index is 0.00773. The van der Waals surface area contributed by atoms with Gasteiger partial charge < -0.3 is 0 Å². The van der Waals surface area contributed by atoms with E-state index in [4.69, 9.17) is 17.3 Å². The fourth-order valence-electron chi connectivity index (χ4n) is 4.34. The summed E-state index contributed by atoms with van der Waals surface area (Å²) < 4.78 is 28.8. The van der Waals surface area contributed by atoms with Gasteiger partial charge in [0.05, 0.1) is 18.2 Å². The molecule has 0 N–H and O–H groups in total. The van der Waals surface area contributed by atoms with Crippen LogP contribution in [0.5, 0.6) is 0 Å². The van der Waals surface area contributed by atoms with Gasteiger partial charge in [-0.25, -0.2) is 13.1 Å². The molecule has 0 saturated carbocycles. The van der Waals surface area contributed by atoms with Crippen LogP contribution in [0.15, 0.2) is 48.5 Å². The zero-order valence-electron chi connectivity index (χ0n) is 19.7. The van der Waals surface area contributed by atoms with Crippen LogP contribution in [-0.2, 0) is 16.5 Å². The zero-order chi connectivity index (χ0) is 23.8.